The van der Waals surface area contributed by atoms with Crippen LogP contribution in [0.15, 0.2) is 30.3 Å². The molecule has 0 bridgehead atoms. The van der Waals surface area contributed by atoms with Gasteiger partial charge < -0.3 is 15.4 Å². The van der Waals surface area contributed by atoms with Crippen LogP contribution in [-0.2, 0) is 23.9 Å². The molecule has 2 atom stereocenters. The van der Waals surface area contributed by atoms with E-state index < -0.39 is 47.2 Å². The van der Waals surface area contributed by atoms with Gasteiger partial charge in [-0.1, -0.05) is 49.7 Å². The summed E-state index contributed by atoms with van der Waals surface area (Å²) in [6.07, 6.45) is -0.884. The molecule has 0 aromatic heterocycles. The number of hydrogen-bond acceptors (Lipinski definition) is 6. The van der Waals surface area contributed by atoms with Crippen molar-refractivity contribution in [2.45, 2.75) is 66.0 Å². The van der Waals surface area contributed by atoms with E-state index in [1.165, 1.54) is 5.56 Å². The summed E-state index contributed by atoms with van der Waals surface area (Å²) in [5.41, 5.74) is 0.684. The monoisotopic (exact) mass is 461 g/mol. The molecule has 1 aliphatic heterocycles. The number of benzene rings is 1. The minimum Gasteiger partial charge on any atom is -0.444 e. The van der Waals surface area contributed by atoms with E-state index in [1.54, 1.807) is 34.6 Å². The lowest BCUT2D eigenvalue weighted by Crippen LogP contribution is -2.48. The van der Waals surface area contributed by atoms with E-state index in [1.807, 2.05) is 18.2 Å². The highest BCUT2D eigenvalue weighted by Gasteiger charge is 2.40. The number of aryl methyl sites for hydroxylation is 1. The lowest BCUT2D eigenvalue weighted by molar-refractivity contribution is -0.136. The van der Waals surface area contributed by atoms with E-state index >= 15 is 0 Å². The molecule has 0 aliphatic carbocycles. The topological polar surface area (TPSA) is 131 Å². The Hall–Kier alpha value is -3.23. The van der Waals surface area contributed by atoms with Crippen molar-refractivity contribution in [1.29, 1.82) is 0 Å². The smallest absolute Gasteiger partial charge is 0.407 e. The number of carbonyl (C=O) groups is 5. The van der Waals surface area contributed by atoms with Gasteiger partial charge in [0.15, 0.2) is 5.78 Å². The van der Waals surface area contributed by atoms with Crippen LogP contribution in [0.25, 0.3) is 0 Å². The maximum atomic E-state index is 12.5. The first-order valence-electron chi connectivity index (χ1n) is 11.0. The zero-order valence-electron chi connectivity index (χ0n) is 20.2. The highest BCUT2D eigenvalue weighted by atomic mass is 16.6. The summed E-state index contributed by atoms with van der Waals surface area (Å²) < 4.78 is 5.05. The van der Waals surface area contributed by atoms with Gasteiger partial charge in [-0.3, -0.25) is 24.5 Å². The molecule has 1 fully saturated rings. The first-order chi connectivity index (χ1) is 15.3. The molecule has 0 radical (unpaired) electrons. The van der Waals surface area contributed by atoms with Crippen molar-refractivity contribution in [3.05, 3.63) is 35.9 Å². The molecule has 0 spiro atoms. The van der Waals surface area contributed by atoms with Crippen LogP contribution in [0.3, 0.4) is 0 Å². The highest BCUT2D eigenvalue weighted by Crippen LogP contribution is 2.17. The van der Waals surface area contributed by atoms with E-state index in [0.717, 1.165) is 0 Å². The minimum atomic E-state index is -1.07. The Kier molecular flexibility index (Phi) is 10.7. The first-order valence-corrected chi connectivity index (χ1v) is 11.0. The number of ketones is 1. The molecule has 1 heterocycles. The number of amides is 4. The Morgan fingerprint density at radius 1 is 1.12 bits per heavy atom. The molecule has 1 saturated heterocycles. The fourth-order valence-corrected chi connectivity index (χ4v) is 2.94. The number of ether oxygens (including phenoxy) is 1. The Morgan fingerprint density at radius 2 is 1.73 bits per heavy atom. The second-order valence-corrected chi connectivity index (χ2v) is 9.19. The zero-order chi connectivity index (χ0) is 25.2. The van der Waals surface area contributed by atoms with Gasteiger partial charge in [0.05, 0.1) is 6.04 Å². The van der Waals surface area contributed by atoms with Crippen molar-refractivity contribution in [2.24, 2.45) is 11.8 Å². The normalized spacial score (nSPS) is 16.3. The molecule has 182 valence electrons. The Bertz CT molecular complexity index is 846. The SMILES string of the molecule is CC(C)C(NC(=O)CCNC(=O)OC(C)(C)C)C(=O)[C@H]1CC(=O)NC1=O.Cc1ccccc1. The predicted molar refractivity (Wildman–Crippen MR) is 123 cm³/mol. The second kappa shape index (κ2) is 12.7. The molecule has 9 heteroatoms. The fourth-order valence-electron chi connectivity index (χ4n) is 2.94. The molecular weight excluding hydrogens is 426 g/mol. The third-order valence-corrected chi connectivity index (χ3v) is 4.56. The van der Waals surface area contributed by atoms with Gasteiger partial charge in [0.2, 0.25) is 17.7 Å². The van der Waals surface area contributed by atoms with Gasteiger partial charge in [-0.15, -0.1) is 0 Å². The van der Waals surface area contributed by atoms with Gasteiger partial charge in [-0.05, 0) is 33.6 Å². The maximum Gasteiger partial charge on any atom is 0.407 e. The molecule has 1 aromatic rings. The van der Waals surface area contributed by atoms with Crippen molar-refractivity contribution in [3.63, 3.8) is 0 Å². The summed E-state index contributed by atoms with van der Waals surface area (Å²) in [4.78, 5) is 59.0. The molecule has 33 heavy (non-hydrogen) atoms. The molecule has 1 unspecified atom stereocenters. The molecule has 9 nitrogen and oxygen atoms in total. The summed E-state index contributed by atoms with van der Waals surface area (Å²) in [7, 11) is 0. The van der Waals surface area contributed by atoms with Crippen molar-refractivity contribution < 1.29 is 28.7 Å². The molecule has 0 saturated carbocycles. The van der Waals surface area contributed by atoms with Crippen molar-refractivity contribution in [2.75, 3.05) is 6.54 Å². The lowest BCUT2D eigenvalue weighted by atomic mass is 9.90. The summed E-state index contributed by atoms with van der Waals surface area (Å²) >= 11 is 0. The van der Waals surface area contributed by atoms with Crippen LogP contribution < -0.4 is 16.0 Å². The van der Waals surface area contributed by atoms with E-state index in [4.69, 9.17) is 4.74 Å². The Labute approximate surface area is 195 Å². The van der Waals surface area contributed by atoms with Crippen LogP contribution in [0.2, 0.25) is 0 Å². The van der Waals surface area contributed by atoms with Crippen LogP contribution in [0, 0.1) is 18.8 Å². The van der Waals surface area contributed by atoms with Crippen LogP contribution in [0.5, 0.6) is 0 Å². The largest absolute Gasteiger partial charge is 0.444 e. The van der Waals surface area contributed by atoms with Crippen molar-refractivity contribution in [3.8, 4) is 0 Å². The summed E-state index contributed by atoms with van der Waals surface area (Å²) in [5, 5.41) is 7.12. The zero-order valence-corrected chi connectivity index (χ0v) is 20.2. The predicted octanol–water partition coefficient (Wildman–Crippen LogP) is 2.27. The number of carbonyl (C=O) groups excluding carboxylic acids is 5. The molecule has 1 aromatic carbocycles. The third kappa shape index (κ3) is 10.8. The van der Waals surface area contributed by atoms with Gasteiger partial charge >= 0.3 is 6.09 Å². The summed E-state index contributed by atoms with van der Waals surface area (Å²) in [5.74, 6) is -3.39. The number of imide groups is 1. The molecule has 4 amide bonds. The average Bonchev–Trinajstić information content (AvgIpc) is 3.03. The number of nitrogens with one attached hydrogen (secondary N) is 3. The van der Waals surface area contributed by atoms with Crippen LogP contribution >= 0.6 is 0 Å². The Balaban J connectivity index is 0.000000657. The quantitative estimate of drug-likeness (QED) is 0.422. The number of Topliss-reactive ketones (excluding diaryl/α,β-unsaturated/α-hetero) is 1. The van der Waals surface area contributed by atoms with E-state index in [-0.39, 0.29) is 25.3 Å². The number of hydrogen-bond donors (Lipinski definition) is 3. The van der Waals surface area contributed by atoms with Crippen LogP contribution in [0.1, 0.15) is 53.0 Å². The molecule has 3 N–H and O–H groups in total. The maximum absolute atomic E-state index is 12.5. The van der Waals surface area contributed by atoms with E-state index in [9.17, 15) is 24.0 Å². The lowest BCUT2D eigenvalue weighted by Gasteiger charge is -2.23. The number of rotatable bonds is 7. The van der Waals surface area contributed by atoms with Gasteiger partial charge in [-0.25, -0.2) is 4.79 Å². The van der Waals surface area contributed by atoms with Gasteiger partial charge in [0.1, 0.15) is 11.5 Å². The van der Waals surface area contributed by atoms with E-state index in [2.05, 4.69) is 35.0 Å². The second-order valence-electron chi connectivity index (χ2n) is 9.19. The van der Waals surface area contributed by atoms with Crippen LogP contribution in [0.4, 0.5) is 4.79 Å². The van der Waals surface area contributed by atoms with Crippen molar-refractivity contribution in [1.82, 2.24) is 16.0 Å². The van der Waals surface area contributed by atoms with Crippen LogP contribution in [-0.4, -0.2) is 47.8 Å². The first kappa shape index (κ1) is 27.8. The highest BCUT2D eigenvalue weighted by molar-refractivity contribution is 6.15. The molecule has 2 rings (SSSR count). The minimum absolute atomic E-state index is 0.0438. The molecular formula is C24H35N3O6. The van der Waals surface area contributed by atoms with Crippen molar-refractivity contribution >= 4 is 29.6 Å². The average molecular weight is 462 g/mol. The third-order valence-electron chi connectivity index (χ3n) is 4.56. The van der Waals surface area contributed by atoms with Gasteiger partial charge in [-0.2, -0.15) is 0 Å². The van der Waals surface area contributed by atoms with Gasteiger partial charge in [0.25, 0.3) is 0 Å². The molecule has 1 aliphatic rings. The standard InChI is InChI=1S/C17H27N3O6.C7H8/c1-9(2)13(14(23)10-8-12(22)20-15(10)24)19-11(21)6-7-18-16(25)26-17(3,4)5;1-7-5-3-2-4-6-7/h9-10,13H,6-8H2,1-5H3,(H,18,25)(H,19,21)(H,20,22,24);2-6H,1H3/t10-,13?;/m1./s1. The Morgan fingerprint density at radius 3 is 2.15 bits per heavy atom. The summed E-state index contributed by atoms with van der Waals surface area (Å²) in [6, 6.07) is 9.38. The summed E-state index contributed by atoms with van der Waals surface area (Å²) in [6.45, 7) is 10.8. The fraction of sp³-hybridized carbons (Fsp3) is 0.542. The van der Waals surface area contributed by atoms with E-state index in [0.29, 0.717) is 0 Å². The van der Waals surface area contributed by atoms with Gasteiger partial charge in [0, 0.05) is 19.4 Å². The number of alkyl carbamates (subject to hydrolysis) is 1.